The van der Waals surface area contributed by atoms with Gasteiger partial charge in [-0.3, -0.25) is 0 Å². The lowest BCUT2D eigenvalue weighted by Gasteiger charge is -2.30. The number of carboxylic acid groups (broad SMARTS) is 1. The molecule has 0 aromatic heterocycles. The van der Waals surface area contributed by atoms with Crippen LogP contribution in [0.3, 0.4) is 0 Å². The van der Waals surface area contributed by atoms with E-state index in [4.69, 9.17) is 5.11 Å². The topological polar surface area (TPSA) is 69.6 Å². The van der Waals surface area contributed by atoms with Crippen LogP contribution >= 0.6 is 0 Å². The van der Waals surface area contributed by atoms with Crippen LogP contribution in [0.5, 0.6) is 0 Å². The van der Waals surface area contributed by atoms with Crippen LogP contribution in [0.4, 0.5) is 4.79 Å². The van der Waals surface area contributed by atoms with Gasteiger partial charge < -0.3 is 15.3 Å². The van der Waals surface area contributed by atoms with Gasteiger partial charge in [0, 0.05) is 12.6 Å². The number of unbranched alkanes of at least 4 members (excludes halogenated alkanes) is 1. The van der Waals surface area contributed by atoms with Gasteiger partial charge in [0.05, 0.1) is 0 Å². The van der Waals surface area contributed by atoms with E-state index in [2.05, 4.69) is 12.2 Å². The molecule has 0 aliphatic heterocycles. The monoisotopic (exact) mass is 272 g/mol. The number of hydrogen-bond acceptors (Lipinski definition) is 2. The first-order valence-electron chi connectivity index (χ1n) is 7.27. The SMILES string of the molecule is CCCCN(C(=O)NC(CCC)C(=O)O)C(C)CC. The second-order valence-electron chi connectivity index (χ2n) is 4.93. The van der Waals surface area contributed by atoms with E-state index < -0.39 is 12.0 Å². The largest absolute Gasteiger partial charge is 0.480 e. The van der Waals surface area contributed by atoms with E-state index in [1.807, 2.05) is 20.8 Å². The fraction of sp³-hybridized carbons (Fsp3) is 0.857. The van der Waals surface area contributed by atoms with Crippen LogP contribution in [0.15, 0.2) is 0 Å². The smallest absolute Gasteiger partial charge is 0.326 e. The highest BCUT2D eigenvalue weighted by atomic mass is 16.4. The number of aliphatic carboxylic acids is 1. The minimum absolute atomic E-state index is 0.127. The van der Waals surface area contributed by atoms with Gasteiger partial charge in [-0.15, -0.1) is 0 Å². The average molecular weight is 272 g/mol. The molecule has 2 amide bonds. The van der Waals surface area contributed by atoms with Gasteiger partial charge in [0.25, 0.3) is 0 Å². The highest BCUT2D eigenvalue weighted by Crippen LogP contribution is 2.07. The van der Waals surface area contributed by atoms with E-state index in [0.717, 1.165) is 25.7 Å². The van der Waals surface area contributed by atoms with Crippen molar-refractivity contribution in [1.82, 2.24) is 10.2 Å². The van der Waals surface area contributed by atoms with E-state index in [-0.39, 0.29) is 12.1 Å². The first-order chi connectivity index (χ1) is 8.97. The Kier molecular flexibility index (Phi) is 9.00. The van der Waals surface area contributed by atoms with Crippen LogP contribution < -0.4 is 5.32 Å². The minimum Gasteiger partial charge on any atom is -0.480 e. The number of rotatable bonds is 9. The Balaban J connectivity index is 4.63. The summed E-state index contributed by atoms with van der Waals surface area (Å²) in [6.07, 6.45) is 4.00. The second kappa shape index (κ2) is 9.64. The van der Waals surface area contributed by atoms with Crippen LogP contribution in [0.25, 0.3) is 0 Å². The predicted octanol–water partition coefficient (Wildman–Crippen LogP) is 2.85. The fourth-order valence-corrected chi connectivity index (χ4v) is 1.85. The summed E-state index contributed by atoms with van der Waals surface area (Å²) in [5.41, 5.74) is 0. The molecule has 0 saturated carbocycles. The quantitative estimate of drug-likeness (QED) is 0.678. The number of nitrogens with zero attached hydrogens (tertiary/aromatic N) is 1. The average Bonchev–Trinajstić information content (AvgIpc) is 2.38. The van der Waals surface area contributed by atoms with Gasteiger partial charge in [0.15, 0.2) is 0 Å². The molecule has 5 nitrogen and oxygen atoms in total. The molecule has 2 unspecified atom stereocenters. The van der Waals surface area contributed by atoms with E-state index in [1.54, 1.807) is 4.90 Å². The van der Waals surface area contributed by atoms with Crippen LogP contribution in [0.1, 0.15) is 59.8 Å². The van der Waals surface area contributed by atoms with Crippen LogP contribution in [-0.4, -0.2) is 40.6 Å². The van der Waals surface area contributed by atoms with Crippen molar-refractivity contribution in [2.45, 2.75) is 71.9 Å². The molecule has 0 heterocycles. The first-order valence-corrected chi connectivity index (χ1v) is 7.27. The molecular formula is C14H28N2O3. The molecule has 0 aliphatic carbocycles. The minimum atomic E-state index is -0.963. The van der Waals surface area contributed by atoms with Crippen molar-refractivity contribution in [3.05, 3.63) is 0 Å². The first kappa shape index (κ1) is 17.7. The summed E-state index contributed by atoms with van der Waals surface area (Å²) >= 11 is 0. The number of nitrogens with one attached hydrogen (secondary N) is 1. The molecule has 0 aromatic carbocycles. The van der Waals surface area contributed by atoms with Gasteiger partial charge in [-0.1, -0.05) is 33.6 Å². The maximum atomic E-state index is 12.2. The number of carboxylic acids is 1. The third-order valence-corrected chi connectivity index (χ3v) is 3.31. The van der Waals surface area contributed by atoms with Crippen molar-refractivity contribution >= 4 is 12.0 Å². The van der Waals surface area contributed by atoms with Crippen LogP contribution in [-0.2, 0) is 4.79 Å². The zero-order valence-electron chi connectivity index (χ0n) is 12.6. The van der Waals surface area contributed by atoms with Gasteiger partial charge in [-0.25, -0.2) is 9.59 Å². The number of carbonyl (C=O) groups excluding carboxylic acids is 1. The summed E-state index contributed by atoms with van der Waals surface area (Å²) in [6, 6.07) is -0.919. The maximum absolute atomic E-state index is 12.2. The predicted molar refractivity (Wildman–Crippen MR) is 76.2 cm³/mol. The molecule has 0 aromatic rings. The molecule has 2 atom stereocenters. The van der Waals surface area contributed by atoms with Gasteiger partial charge in [0.1, 0.15) is 6.04 Å². The third kappa shape index (κ3) is 6.45. The summed E-state index contributed by atoms with van der Waals surface area (Å²) in [6.45, 7) is 8.67. The summed E-state index contributed by atoms with van der Waals surface area (Å²) < 4.78 is 0. The standard InChI is InChI=1S/C14H28N2O3/c1-5-8-10-16(11(4)7-3)14(19)15-12(9-6-2)13(17)18/h11-12H,5-10H2,1-4H3,(H,15,19)(H,17,18). The van der Waals surface area contributed by atoms with Gasteiger partial charge in [-0.2, -0.15) is 0 Å². The number of carbonyl (C=O) groups is 2. The molecular weight excluding hydrogens is 244 g/mol. The number of amides is 2. The van der Waals surface area contributed by atoms with E-state index >= 15 is 0 Å². The molecule has 0 bridgehead atoms. The van der Waals surface area contributed by atoms with Crippen molar-refractivity contribution < 1.29 is 14.7 Å². The van der Waals surface area contributed by atoms with Gasteiger partial charge in [-0.05, 0) is 26.2 Å². The summed E-state index contributed by atoms with van der Waals surface area (Å²) in [5.74, 6) is -0.963. The van der Waals surface area contributed by atoms with Crippen LogP contribution in [0, 0.1) is 0 Å². The summed E-state index contributed by atoms with van der Waals surface area (Å²) in [7, 11) is 0. The molecule has 112 valence electrons. The second-order valence-corrected chi connectivity index (χ2v) is 4.93. The van der Waals surface area contributed by atoms with E-state index in [9.17, 15) is 9.59 Å². The van der Waals surface area contributed by atoms with Crippen molar-refractivity contribution in [3.8, 4) is 0 Å². The maximum Gasteiger partial charge on any atom is 0.326 e. The van der Waals surface area contributed by atoms with Gasteiger partial charge >= 0.3 is 12.0 Å². The zero-order chi connectivity index (χ0) is 14.8. The Morgan fingerprint density at radius 3 is 2.26 bits per heavy atom. The van der Waals surface area contributed by atoms with Crippen molar-refractivity contribution in [3.63, 3.8) is 0 Å². The number of hydrogen-bond donors (Lipinski definition) is 2. The normalized spacial score (nSPS) is 13.7. The van der Waals surface area contributed by atoms with E-state index in [0.29, 0.717) is 13.0 Å². The zero-order valence-corrected chi connectivity index (χ0v) is 12.6. The summed E-state index contributed by atoms with van der Waals surface area (Å²) in [5, 5.41) is 11.7. The lowest BCUT2D eigenvalue weighted by Crippen LogP contribution is -2.50. The molecule has 2 N–H and O–H groups in total. The molecule has 0 radical (unpaired) electrons. The molecule has 0 fully saturated rings. The highest BCUT2D eigenvalue weighted by Gasteiger charge is 2.24. The Morgan fingerprint density at radius 2 is 1.84 bits per heavy atom. The summed E-state index contributed by atoms with van der Waals surface area (Å²) in [4.78, 5) is 25.0. The van der Waals surface area contributed by atoms with E-state index in [1.165, 1.54) is 0 Å². The van der Waals surface area contributed by atoms with Gasteiger partial charge in [0.2, 0.25) is 0 Å². The molecule has 0 rings (SSSR count). The number of urea groups is 1. The molecule has 0 saturated heterocycles. The Morgan fingerprint density at radius 1 is 1.21 bits per heavy atom. The molecule has 5 heteroatoms. The van der Waals surface area contributed by atoms with Crippen molar-refractivity contribution in [1.29, 1.82) is 0 Å². The lowest BCUT2D eigenvalue weighted by atomic mass is 10.1. The molecule has 0 aliphatic rings. The van der Waals surface area contributed by atoms with Crippen LogP contribution in [0.2, 0.25) is 0 Å². The third-order valence-electron chi connectivity index (χ3n) is 3.31. The van der Waals surface area contributed by atoms with Crippen molar-refractivity contribution in [2.24, 2.45) is 0 Å². The Bertz CT molecular complexity index is 282. The molecule has 0 spiro atoms. The highest BCUT2D eigenvalue weighted by molar-refractivity contribution is 5.82. The Hall–Kier alpha value is -1.26. The lowest BCUT2D eigenvalue weighted by molar-refractivity contribution is -0.139. The Labute approximate surface area is 116 Å². The fourth-order valence-electron chi connectivity index (χ4n) is 1.85. The van der Waals surface area contributed by atoms with Crippen molar-refractivity contribution in [2.75, 3.05) is 6.54 Å². The molecule has 19 heavy (non-hydrogen) atoms.